The molecule has 4 aromatic carbocycles. The summed E-state index contributed by atoms with van der Waals surface area (Å²) in [7, 11) is 0. The molecule has 43 heavy (non-hydrogen) atoms. The molecule has 3 N–H and O–H groups in total. The average Bonchev–Trinajstić information content (AvgIpc) is 3.19. The second-order valence-corrected chi connectivity index (χ2v) is 11.9. The van der Waals surface area contributed by atoms with Crippen LogP contribution in [0.5, 0.6) is 0 Å². The van der Waals surface area contributed by atoms with Crippen LogP contribution in [0.2, 0.25) is 0 Å². The van der Waals surface area contributed by atoms with Gasteiger partial charge in [-0.2, -0.15) is 0 Å². The summed E-state index contributed by atoms with van der Waals surface area (Å²) in [5.74, 6) is 0.134. The SMILES string of the molecule is CC(C)NCCC[C@@H]1NC(CNC(=O)c2ccc3ccccc3c2)CCN(CC(c2ccccc2)c2ccccc2)C1=O. The number of carbonyl (C=O) groups excluding carboxylic acids is 2. The molecule has 224 valence electrons. The Hall–Kier alpha value is -4.00. The van der Waals surface area contributed by atoms with Crippen LogP contribution in [0, 0.1) is 0 Å². The molecule has 2 amide bonds. The van der Waals surface area contributed by atoms with Gasteiger partial charge in [0.2, 0.25) is 5.91 Å². The molecule has 1 aliphatic heterocycles. The number of rotatable bonds is 12. The van der Waals surface area contributed by atoms with Gasteiger partial charge in [-0.1, -0.05) is 105 Å². The second kappa shape index (κ2) is 14.9. The van der Waals surface area contributed by atoms with Gasteiger partial charge < -0.3 is 20.9 Å². The van der Waals surface area contributed by atoms with E-state index in [-0.39, 0.29) is 29.8 Å². The van der Waals surface area contributed by atoms with Gasteiger partial charge in [-0.15, -0.1) is 0 Å². The monoisotopic (exact) mass is 576 g/mol. The Morgan fingerprint density at radius 1 is 0.884 bits per heavy atom. The number of amides is 2. The van der Waals surface area contributed by atoms with E-state index in [1.54, 1.807) is 0 Å². The predicted octanol–water partition coefficient (Wildman–Crippen LogP) is 5.74. The Bertz CT molecular complexity index is 1430. The summed E-state index contributed by atoms with van der Waals surface area (Å²) < 4.78 is 0. The zero-order valence-corrected chi connectivity index (χ0v) is 25.3. The predicted molar refractivity (Wildman–Crippen MR) is 175 cm³/mol. The highest BCUT2D eigenvalue weighted by Crippen LogP contribution is 2.27. The van der Waals surface area contributed by atoms with Crippen molar-refractivity contribution < 1.29 is 9.59 Å². The highest BCUT2D eigenvalue weighted by molar-refractivity contribution is 5.98. The summed E-state index contributed by atoms with van der Waals surface area (Å²) >= 11 is 0. The van der Waals surface area contributed by atoms with E-state index in [0.717, 1.165) is 36.6 Å². The third-order valence-electron chi connectivity index (χ3n) is 8.34. The summed E-state index contributed by atoms with van der Waals surface area (Å²) in [6.07, 6.45) is 2.40. The van der Waals surface area contributed by atoms with Crippen LogP contribution in [-0.2, 0) is 4.79 Å². The number of hydrogen-bond donors (Lipinski definition) is 3. The Morgan fingerprint density at radius 2 is 1.53 bits per heavy atom. The van der Waals surface area contributed by atoms with Crippen molar-refractivity contribution in [1.29, 1.82) is 0 Å². The number of nitrogens with one attached hydrogen (secondary N) is 3. The first-order valence-corrected chi connectivity index (χ1v) is 15.6. The van der Waals surface area contributed by atoms with E-state index in [0.29, 0.717) is 31.2 Å². The number of hydrogen-bond acceptors (Lipinski definition) is 4. The van der Waals surface area contributed by atoms with Crippen LogP contribution in [-0.4, -0.2) is 61.0 Å². The molecule has 0 bridgehead atoms. The molecule has 4 aromatic rings. The molecule has 1 heterocycles. The molecule has 1 saturated heterocycles. The number of nitrogens with zero attached hydrogens (tertiary/aromatic N) is 1. The maximum Gasteiger partial charge on any atom is 0.251 e. The van der Waals surface area contributed by atoms with Crippen LogP contribution in [0.3, 0.4) is 0 Å². The molecule has 5 rings (SSSR count). The quantitative estimate of drug-likeness (QED) is 0.188. The van der Waals surface area contributed by atoms with Gasteiger partial charge in [-0.05, 0) is 59.8 Å². The van der Waals surface area contributed by atoms with Gasteiger partial charge in [-0.25, -0.2) is 0 Å². The minimum Gasteiger partial charge on any atom is -0.350 e. The molecule has 0 spiro atoms. The van der Waals surface area contributed by atoms with Gasteiger partial charge in [0, 0.05) is 43.2 Å². The standard InChI is InChI=1S/C37H44N4O2/c1-27(2)38-22-11-18-35-37(43)41(26-34(29-13-5-3-6-14-29)30-15-7-4-8-16-30)23-21-33(40-35)25-39-36(42)32-20-19-28-12-9-10-17-31(28)24-32/h3-10,12-17,19-20,24,27,33-35,38,40H,11,18,21-23,25-26H2,1-2H3,(H,39,42)/t33?,35-/m0/s1. The van der Waals surface area contributed by atoms with Crippen LogP contribution in [0.4, 0.5) is 0 Å². The van der Waals surface area contributed by atoms with Gasteiger partial charge in [0.15, 0.2) is 0 Å². The average molecular weight is 577 g/mol. The lowest BCUT2D eigenvalue weighted by Gasteiger charge is -2.29. The minimum atomic E-state index is -0.300. The van der Waals surface area contributed by atoms with Crippen LogP contribution < -0.4 is 16.0 Å². The Kier molecular flexibility index (Phi) is 10.6. The van der Waals surface area contributed by atoms with Crippen molar-refractivity contribution in [1.82, 2.24) is 20.9 Å². The lowest BCUT2D eigenvalue weighted by Crippen LogP contribution is -2.49. The van der Waals surface area contributed by atoms with Gasteiger partial charge in [0.25, 0.3) is 5.91 Å². The molecule has 0 aromatic heterocycles. The first-order valence-electron chi connectivity index (χ1n) is 15.6. The lowest BCUT2D eigenvalue weighted by molar-refractivity contribution is -0.133. The van der Waals surface area contributed by atoms with Crippen LogP contribution in [0.15, 0.2) is 103 Å². The zero-order chi connectivity index (χ0) is 30.0. The van der Waals surface area contributed by atoms with Gasteiger partial charge >= 0.3 is 0 Å². The molecule has 1 fully saturated rings. The molecule has 1 unspecified atom stereocenters. The molecular weight excluding hydrogens is 532 g/mol. The Labute approximate surface area is 255 Å². The van der Waals surface area contributed by atoms with Crippen molar-refractivity contribution in [3.8, 4) is 0 Å². The summed E-state index contributed by atoms with van der Waals surface area (Å²) in [5.41, 5.74) is 3.06. The zero-order valence-electron chi connectivity index (χ0n) is 25.3. The Morgan fingerprint density at radius 3 is 2.21 bits per heavy atom. The summed E-state index contributed by atoms with van der Waals surface area (Å²) in [6, 6.07) is 34.9. The van der Waals surface area contributed by atoms with Crippen molar-refractivity contribution in [2.24, 2.45) is 0 Å². The summed E-state index contributed by atoms with van der Waals surface area (Å²) in [4.78, 5) is 29.2. The summed E-state index contributed by atoms with van der Waals surface area (Å²) in [6.45, 7) is 6.86. The fourth-order valence-electron chi connectivity index (χ4n) is 5.97. The largest absolute Gasteiger partial charge is 0.350 e. The molecule has 0 radical (unpaired) electrons. The number of fused-ring (bicyclic) bond motifs is 1. The van der Waals surface area contributed by atoms with Gasteiger partial charge in [0.05, 0.1) is 6.04 Å². The first-order chi connectivity index (χ1) is 21.0. The van der Waals surface area contributed by atoms with E-state index in [9.17, 15) is 9.59 Å². The van der Waals surface area contributed by atoms with E-state index in [2.05, 4.69) is 78.3 Å². The van der Waals surface area contributed by atoms with E-state index < -0.39 is 0 Å². The van der Waals surface area contributed by atoms with E-state index in [4.69, 9.17) is 0 Å². The molecule has 6 heteroatoms. The third-order valence-corrected chi connectivity index (χ3v) is 8.34. The molecule has 2 atom stereocenters. The molecule has 0 saturated carbocycles. The summed E-state index contributed by atoms with van der Waals surface area (Å²) in [5, 5.41) is 12.4. The Balaban J connectivity index is 1.30. The fourth-order valence-corrected chi connectivity index (χ4v) is 5.97. The molecule has 6 nitrogen and oxygen atoms in total. The van der Waals surface area contributed by atoms with Gasteiger partial charge in [0.1, 0.15) is 0 Å². The minimum absolute atomic E-state index is 0.00619. The van der Waals surface area contributed by atoms with Gasteiger partial charge in [-0.3, -0.25) is 9.59 Å². The molecule has 0 aliphatic carbocycles. The third kappa shape index (κ3) is 8.31. The highest BCUT2D eigenvalue weighted by atomic mass is 16.2. The van der Waals surface area contributed by atoms with E-state index in [1.165, 1.54) is 11.1 Å². The molecule has 1 aliphatic rings. The van der Waals surface area contributed by atoms with Crippen molar-refractivity contribution in [2.45, 2.75) is 57.2 Å². The van der Waals surface area contributed by atoms with Crippen molar-refractivity contribution in [2.75, 3.05) is 26.2 Å². The fraction of sp³-hybridized carbons (Fsp3) is 0.351. The lowest BCUT2D eigenvalue weighted by atomic mass is 9.90. The van der Waals surface area contributed by atoms with Crippen LogP contribution in [0.1, 0.15) is 60.5 Å². The molecular formula is C37H44N4O2. The number of carbonyl (C=O) groups is 2. The highest BCUT2D eigenvalue weighted by Gasteiger charge is 2.32. The maximum atomic E-state index is 14.1. The van der Waals surface area contributed by atoms with Crippen molar-refractivity contribution in [3.63, 3.8) is 0 Å². The topological polar surface area (TPSA) is 73.5 Å². The van der Waals surface area contributed by atoms with Crippen molar-refractivity contribution in [3.05, 3.63) is 120 Å². The van der Waals surface area contributed by atoms with Crippen LogP contribution >= 0.6 is 0 Å². The van der Waals surface area contributed by atoms with E-state index in [1.807, 2.05) is 59.5 Å². The van der Waals surface area contributed by atoms with Crippen molar-refractivity contribution >= 4 is 22.6 Å². The maximum absolute atomic E-state index is 14.1. The normalized spacial score (nSPS) is 17.4. The van der Waals surface area contributed by atoms with E-state index >= 15 is 0 Å². The number of benzene rings is 4. The second-order valence-electron chi connectivity index (χ2n) is 11.9. The first kappa shape index (κ1) is 30.5. The smallest absolute Gasteiger partial charge is 0.251 e. The van der Waals surface area contributed by atoms with Crippen LogP contribution in [0.25, 0.3) is 10.8 Å².